The summed E-state index contributed by atoms with van der Waals surface area (Å²) in [6.45, 7) is 1.88. The summed E-state index contributed by atoms with van der Waals surface area (Å²) >= 11 is 11.8. The van der Waals surface area contributed by atoms with Gasteiger partial charge < -0.3 is 5.73 Å². The summed E-state index contributed by atoms with van der Waals surface area (Å²) in [5, 5.41) is 3.72. The zero-order valence-corrected chi connectivity index (χ0v) is 10.6. The van der Waals surface area contributed by atoms with Crippen LogP contribution in [0.3, 0.4) is 0 Å². The van der Waals surface area contributed by atoms with Gasteiger partial charge in [-0.2, -0.15) is 4.99 Å². The van der Waals surface area contributed by atoms with Crippen molar-refractivity contribution in [1.82, 2.24) is 5.32 Å². The van der Waals surface area contributed by atoms with Crippen molar-refractivity contribution in [1.29, 1.82) is 0 Å². The summed E-state index contributed by atoms with van der Waals surface area (Å²) < 4.78 is 1.78. The fraction of sp³-hybridized carbons (Fsp3) is 0.200. The SMILES string of the molecule is CC1N=C(N)NC(N)=[N+]1c1ccc(Cl)c(Cl)c1. The average Bonchev–Trinajstić information content (AvgIpc) is 2.21. The molecule has 0 aromatic heterocycles. The first-order valence-corrected chi connectivity index (χ1v) is 5.71. The average molecular weight is 273 g/mol. The summed E-state index contributed by atoms with van der Waals surface area (Å²) in [6, 6.07) is 5.25. The molecule has 0 spiro atoms. The quantitative estimate of drug-likeness (QED) is 0.673. The zero-order valence-electron chi connectivity index (χ0n) is 9.11. The van der Waals surface area contributed by atoms with E-state index in [1.807, 2.05) is 13.0 Å². The van der Waals surface area contributed by atoms with Gasteiger partial charge in [0.2, 0.25) is 0 Å². The number of nitrogens with two attached hydrogens (primary N) is 2. The Morgan fingerprint density at radius 2 is 2.00 bits per heavy atom. The summed E-state index contributed by atoms with van der Waals surface area (Å²) in [5.74, 6) is 0.703. The van der Waals surface area contributed by atoms with Gasteiger partial charge in [0, 0.05) is 0 Å². The van der Waals surface area contributed by atoms with Crippen molar-refractivity contribution in [3.8, 4) is 0 Å². The van der Waals surface area contributed by atoms with E-state index in [-0.39, 0.29) is 6.17 Å². The number of guanidine groups is 2. The molecule has 0 bridgehead atoms. The molecule has 1 aliphatic heterocycles. The van der Waals surface area contributed by atoms with Crippen LogP contribution in [-0.4, -0.2) is 22.7 Å². The third-order valence-corrected chi connectivity index (χ3v) is 3.14. The highest BCUT2D eigenvalue weighted by Crippen LogP contribution is 2.27. The van der Waals surface area contributed by atoms with Crippen LogP contribution in [0, 0.1) is 0 Å². The minimum atomic E-state index is -0.200. The van der Waals surface area contributed by atoms with Crippen LogP contribution in [0.15, 0.2) is 23.2 Å². The molecular weight excluding hydrogens is 261 g/mol. The van der Waals surface area contributed by atoms with Crippen molar-refractivity contribution < 1.29 is 4.58 Å². The lowest BCUT2D eigenvalue weighted by atomic mass is 10.3. The third-order valence-electron chi connectivity index (χ3n) is 2.40. The molecule has 1 aliphatic rings. The first-order chi connectivity index (χ1) is 7.99. The van der Waals surface area contributed by atoms with Gasteiger partial charge in [-0.15, -0.1) is 0 Å². The molecule has 17 heavy (non-hydrogen) atoms. The highest BCUT2D eigenvalue weighted by molar-refractivity contribution is 6.42. The van der Waals surface area contributed by atoms with E-state index in [0.717, 1.165) is 5.69 Å². The number of nitrogens with zero attached hydrogens (tertiary/aromatic N) is 2. The van der Waals surface area contributed by atoms with Crippen LogP contribution in [0.25, 0.3) is 0 Å². The van der Waals surface area contributed by atoms with Crippen molar-refractivity contribution in [3.05, 3.63) is 28.2 Å². The van der Waals surface area contributed by atoms with Crippen LogP contribution >= 0.6 is 23.2 Å². The monoisotopic (exact) mass is 272 g/mol. The number of hydrogen-bond donors (Lipinski definition) is 3. The normalized spacial score (nSPS) is 19.9. The highest BCUT2D eigenvalue weighted by Gasteiger charge is 2.23. The standard InChI is InChI=1S/C10H11Cl2N5/c1-5-15-9(13)16-10(14)17(5)6-2-3-7(11)8(12)4-6/h2-5H,1H3,(H4,13,14,15,16)/p+1. The predicted molar refractivity (Wildman–Crippen MR) is 69.8 cm³/mol. The zero-order chi connectivity index (χ0) is 12.6. The van der Waals surface area contributed by atoms with Crippen molar-refractivity contribution in [2.24, 2.45) is 16.5 Å². The lowest BCUT2D eigenvalue weighted by Crippen LogP contribution is -2.51. The fourth-order valence-electron chi connectivity index (χ4n) is 1.67. The van der Waals surface area contributed by atoms with Gasteiger partial charge >= 0.3 is 5.96 Å². The Kier molecular flexibility index (Phi) is 3.13. The predicted octanol–water partition coefficient (Wildman–Crippen LogP) is 1.22. The van der Waals surface area contributed by atoms with Gasteiger partial charge in [0.1, 0.15) is 5.69 Å². The molecule has 5 N–H and O–H groups in total. The summed E-state index contributed by atoms with van der Waals surface area (Å²) in [7, 11) is 0. The molecule has 1 heterocycles. The van der Waals surface area contributed by atoms with E-state index < -0.39 is 0 Å². The number of benzene rings is 1. The van der Waals surface area contributed by atoms with Crippen molar-refractivity contribution in [2.75, 3.05) is 0 Å². The highest BCUT2D eigenvalue weighted by atomic mass is 35.5. The van der Waals surface area contributed by atoms with Gasteiger partial charge in [-0.25, -0.2) is 9.89 Å². The number of aliphatic imine (C=N–C) groups is 1. The largest absolute Gasteiger partial charge is 0.357 e. The van der Waals surface area contributed by atoms with Crippen molar-refractivity contribution in [2.45, 2.75) is 13.1 Å². The number of hydrogen-bond acceptors (Lipinski definition) is 4. The molecule has 1 unspecified atom stereocenters. The summed E-state index contributed by atoms with van der Waals surface area (Å²) in [4.78, 5) is 4.18. The van der Waals surface area contributed by atoms with Crippen LogP contribution in [0.2, 0.25) is 10.0 Å². The maximum absolute atomic E-state index is 5.97. The Morgan fingerprint density at radius 1 is 1.29 bits per heavy atom. The van der Waals surface area contributed by atoms with Crippen LogP contribution < -0.4 is 16.8 Å². The first-order valence-electron chi connectivity index (χ1n) is 4.96. The van der Waals surface area contributed by atoms with Crippen LogP contribution in [0.1, 0.15) is 6.92 Å². The maximum Gasteiger partial charge on any atom is 0.357 e. The molecular formula is C10H12Cl2N5+. The molecule has 0 aliphatic carbocycles. The topological polar surface area (TPSA) is 79.4 Å². The van der Waals surface area contributed by atoms with Crippen molar-refractivity contribution in [3.63, 3.8) is 0 Å². The Hall–Kier alpha value is -1.46. The van der Waals surface area contributed by atoms with E-state index in [2.05, 4.69) is 10.3 Å². The Labute approximate surface area is 109 Å². The Morgan fingerprint density at radius 3 is 2.59 bits per heavy atom. The number of halogens is 2. The van der Waals surface area contributed by atoms with Crippen LogP contribution in [-0.2, 0) is 0 Å². The molecule has 1 aromatic carbocycles. The molecule has 1 atom stereocenters. The number of nitrogens with one attached hydrogen (secondary N) is 1. The summed E-state index contributed by atoms with van der Waals surface area (Å²) in [6.07, 6.45) is -0.200. The van der Waals surface area contributed by atoms with E-state index in [9.17, 15) is 0 Å². The van der Waals surface area contributed by atoms with E-state index in [4.69, 9.17) is 34.7 Å². The van der Waals surface area contributed by atoms with Gasteiger partial charge in [0.15, 0.2) is 6.17 Å². The first kappa shape index (κ1) is 12.0. The molecule has 0 radical (unpaired) electrons. The Bertz CT molecular complexity index is 523. The third kappa shape index (κ3) is 2.30. The molecule has 1 aromatic rings. The van der Waals surface area contributed by atoms with E-state index in [0.29, 0.717) is 22.0 Å². The maximum atomic E-state index is 5.97. The minimum Gasteiger partial charge on any atom is -0.357 e. The molecule has 0 fully saturated rings. The number of rotatable bonds is 1. The van der Waals surface area contributed by atoms with E-state index >= 15 is 0 Å². The second kappa shape index (κ2) is 4.43. The van der Waals surface area contributed by atoms with Gasteiger partial charge in [-0.3, -0.25) is 5.73 Å². The molecule has 0 saturated carbocycles. The van der Waals surface area contributed by atoms with E-state index in [1.54, 1.807) is 16.7 Å². The second-order valence-corrected chi connectivity index (χ2v) is 4.44. The summed E-state index contributed by atoms with van der Waals surface area (Å²) in [5.41, 5.74) is 12.2. The lowest BCUT2D eigenvalue weighted by Gasteiger charge is -2.19. The lowest BCUT2D eigenvalue weighted by molar-refractivity contribution is -0.482. The van der Waals surface area contributed by atoms with Crippen LogP contribution in [0.5, 0.6) is 0 Å². The second-order valence-electron chi connectivity index (χ2n) is 3.62. The Balaban J connectivity index is 2.46. The fourth-order valence-corrected chi connectivity index (χ4v) is 1.97. The smallest absolute Gasteiger partial charge is 0.357 e. The van der Waals surface area contributed by atoms with Gasteiger partial charge in [0.25, 0.3) is 5.96 Å². The molecule has 0 amide bonds. The minimum absolute atomic E-state index is 0.200. The van der Waals surface area contributed by atoms with Gasteiger partial charge in [0.05, 0.1) is 10.0 Å². The van der Waals surface area contributed by atoms with Gasteiger partial charge in [-0.05, 0) is 25.1 Å². The molecule has 2 rings (SSSR count). The van der Waals surface area contributed by atoms with E-state index in [1.165, 1.54) is 0 Å². The molecule has 0 saturated heterocycles. The molecule has 7 heteroatoms. The van der Waals surface area contributed by atoms with Gasteiger partial charge in [-0.1, -0.05) is 23.2 Å². The van der Waals surface area contributed by atoms with Crippen molar-refractivity contribution >= 4 is 40.8 Å². The molecule has 5 nitrogen and oxygen atoms in total. The van der Waals surface area contributed by atoms with Crippen LogP contribution in [0.4, 0.5) is 5.69 Å². The molecule has 90 valence electrons.